The third-order valence-corrected chi connectivity index (χ3v) is 3.52. The Morgan fingerprint density at radius 3 is 2.82 bits per heavy atom. The fourth-order valence-corrected chi connectivity index (χ4v) is 2.28. The number of ether oxygens (including phenoxy) is 1. The van der Waals surface area contributed by atoms with Crippen molar-refractivity contribution in [3.05, 3.63) is 57.8 Å². The van der Waals surface area contributed by atoms with E-state index in [1.54, 1.807) is 31.2 Å². The molecule has 116 valence electrons. The second kappa shape index (κ2) is 7.38. The van der Waals surface area contributed by atoms with Crippen molar-refractivity contribution in [1.82, 2.24) is 0 Å². The summed E-state index contributed by atoms with van der Waals surface area (Å²) in [6, 6.07) is 9.30. The molecule has 4 nitrogen and oxygen atoms in total. The number of benzene rings is 2. The van der Waals surface area contributed by atoms with E-state index in [9.17, 15) is 14.3 Å². The number of aryl methyl sites for hydroxylation is 1. The number of halogens is 2. The Bertz CT molecular complexity index is 691. The molecule has 0 aliphatic carbocycles. The van der Waals surface area contributed by atoms with Gasteiger partial charge in [0.15, 0.2) is 6.61 Å². The fraction of sp³-hybridized carbons (Fsp3) is 0.188. The zero-order valence-corrected chi connectivity index (χ0v) is 13.5. The van der Waals surface area contributed by atoms with Crippen LogP contribution in [0.2, 0.25) is 0 Å². The second-order valence-electron chi connectivity index (χ2n) is 4.71. The highest BCUT2D eigenvalue weighted by molar-refractivity contribution is 9.10. The molecule has 0 heterocycles. The maximum absolute atomic E-state index is 13.2. The number of nitrogens with one attached hydrogen (secondary N) is 1. The van der Waals surface area contributed by atoms with Gasteiger partial charge < -0.3 is 15.2 Å². The normalized spacial score (nSPS) is 10.4. The van der Waals surface area contributed by atoms with Crippen LogP contribution in [-0.2, 0) is 11.4 Å². The zero-order chi connectivity index (χ0) is 16.1. The minimum absolute atomic E-state index is 0.195. The quantitative estimate of drug-likeness (QED) is 0.851. The summed E-state index contributed by atoms with van der Waals surface area (Å²) in [5.41, 5.74) is 1.74. The van der Waals surface area contributed by atoms with Crippen molar-refractivity contribution in [3.8, 4) is 5.75 Å². The van der Waals surface area contributed by atoms with Crippen LogP contribution in [-0.4, -0.2) is 17.6 Å². The summed E-state index contributed by atoms with van der Waals surface area (Å²) in [4.78, 5) is 11.9. The number of carbonyl (C=O) groups is 1. The Balaban J connectivity index is 2.00. The molecule has 0 unspecified atom stereocenters. The van der Waals surface area contributed by atoms with Gasteiger partial charge in [-0.25, -0.2) is 4.39 Å². The molecule has 0 aromatic heterocycles. The Morgan fingerprint density at radius 1 is 1.32 bits per heavy atom. The monoisotopic (exact) mass is 367 g/mol. The largest absolute Gasteiger partial charge is 0.483 e. The molecule has 2 N–H and O–H groups in total. The predicted octanol–water partition coefficient (Wildman–Crippen LogP) is 3.41. The molecule has 0 aliphatic heterocycles. The van der Waals surface area contributed by atoms with E-state index >= 15 is 0 Å². The summed E-state index contributed by atoms with van der Waals surface area (Å²) < 4.78 is 19.4. The lowest BCUT2D eigenvalue weighted by molar-refractivity contribution is -0.118. The number of aliphatic hydroxyl groups excluding tert-OH is 1. The third-order valence-electron chi connectivity index (χ3n) is 3.03. The first-order valence-corrected chi connectivity index (χ1v) is 7.37. The molecule has 0 radical (unpaired) electrons. The van der Waals surface area contributed by atoms with Crippen LogP contribution in [0.3, 0.4) is 0 Å². The van der Waals surface area contributed by atoms with E-state index in [-0.39, 0.29) is 13.2 Å². The number of carbonyl (C=O) groups excluding carboxylic acids is 1. The number of anilines is 1. The van der Waals surface area contributed by atoms with E-state index in [4.69, 9.17) is 4.74 Å². The standard InChI is InChI=1S/C16H15BrFNO3/c1-10-2-4-13(18)7-14(10)19-16(21)9-22-15-5-3-12(17)6-11(15)8-20/h2-7,20H,8-9H2,1H3,(H,19,21). The minimum atomic E-state index is -0.419. The lowest BCUT2D eigenvalue weighted by Crippen LogP contribution is -2.21. The molecule has 0 saturated carbocycles. The Labute approximate surface area is 136 Å². The van der Waals surface area contributed by atoms with Crippen molar-refractivity contribution in [2.45, 2.75) is 13.5 Å². The fourth-order valence-electron chi connectivity index (χ4n) is 1.87. The van der Waals surface area contributed by atoms with E-state index < -0.39 is 11.7 Å². The number of amides is 1. The summed E-state index contributed by atoms with van der Waals surface area (Å²) in [5.74, 6) is -0.394. The second-order valence-corrected chi connectivity index (χ2v) is 5.62. The molecule has 0 spiro atoms. The van der Waals surface area contributed by atoms with Crippen molar-refractivity contribution in [2.24, 2.45) is 0 Å². The average Bonchev–Trinajstić information content (AvgIpc) is 2.49. The third kappa shape index (κ3) is 4.29. The van der Waals surface area contributed by atoms with Crippen molar-refractivity contribution in [2.75, 3.05) is 11.9 Å². The van der Waals surface area contributed by atoms with Crippen LogP contribution >= 0.6 is 15.9 Å². The Morgan fingerprint density at radius 2 is 2.09 bits per heavy atom. The van der Waals surface area contributed by atoms with Crippen LogP contribution < -0.4 is 10.1 Å². The summed E-state index contributed by atoms with van der Waals surface area (Å²) in [6.07, 6.45) is 0. The Hall–Kier alpha value is -1.92. The number of aliphatic hydroxyl groups is 1. The van der Waals surface area contributed by atoms with Crippen molar-refractivity contribution in [1.29, 1.82) is 0 Å². The first kappa shape index (κ1) is 16.5. The van der Waals surface area contributed by atoms with Gasteiger partial charge in [0.25, 0.3) is 5.91 Å². The highest BCUT2D eigenvalue weighted by Crippen LogP contribution is 2.23. The highest BCUT2D eigenvalue weighted by atomic mass is 79.9. The molecular weight excluding hydrogens is 353 g/mol. The molecule has 6 heteroatoms. The van der Waals surface area contributed by atoms with Crippen LogP contribution in [0.1, 0.15) is 11.1 Å². The highest BCUT2D eigenvalue weighted by Gasteiger charge is 2.09. The molecule has 0 aliphatic rings. The van der Waals surface area contributed by atoms with E-state index in [0.717, 1.165) is 10.0 Å². The van der Waals surface area contributed by atoms with Gasteiger partial charge >= 0.3 is 0 Å². The van der Waals surface area contributed by atoms with Gasteiger partial charge in [0.1, 0.15) is 11.6 Å². The van der Waals surface area contributed by atoms with Gasteiger partial charge in [0.05, 0.1) is 6.61 Å². The van der Waals surface area contributed by atoms with E-state index in [1.165, 1.54) is 12.1 Å². The van der Waals surface area contributed by atoms with Gasteiger partial charge in [0.2, 0.25) is 0 Å². The first-order valence-electron chi connectivity index (χ1n) is 6.57. The van der Waals surface area contributed by atoms with Gasteiger partial charge in [-0.2, -0.15) is 0 Å². The molecule has 0 atom stereocenters. The Kier molecular flexibility index (Phi) is 5.51. The number of hydrogen-bond donors (Lipinski definition) is 2. The number of rotatable bonds is 5. The van der Waals surface area contributed by atoms with Gasteiger partial charge in [-0.3, -0.25) is 4.79 Å². The van der Waals surface area contributed by atoms with Gasteiger partial charge in [-0.1, -0.05) is 22.0 Å². The van der Waals surface area contributed by atoms with Crippen molar-refractivity contribution >= 4 is 27.5 Å². The van der Waals surface area contributed by atoms with Crippen molar-refractivity contribution in [3.63, 3.8) is 0 Å². The van der Waals surface area contributed by atoms with Crippen LogP contribution in [0.15, 0.2) is 40.9 Å². The van der Waals surface area contributed by atoms with Gasteiger partial charge in [-0.15, -0.1) is 0 Å². The van der Waals surface area contributed by atoms with E-state index in [1.807, 2.05) is 0 Å². The molecule has 0 bridgehead atoms. The van der Waals surface area contributed by atoms with Gasteiger partial charge in [0, 0.05) is 15.7 Å². The smallest absolute Gasteiger partial charge is 0.262 e. The topological polar surface area (TPSA) is 58.6 Å². The molecule has 22 heavy (non-hydrogen) atoms. The van der Waals surface area contributed by atoms with Crippen LogP contribution in [0.5, 0.6) is 5.75 Å². The molecule has 2 aromatic rings. The molecule has 0 saturated heterocycles. The molecule has 1 amide bonds. The van der Waals surface area contributed by atoms with Crippen LogP contribution in [0.25, 0.3) is 0 Å². The van der Waals surface area contributed by atoms with E-state index in [0.29, 0.717) is 17.0 Å². The molecule has 2 rings (SSSR count). The van der Waals surface area contributed by atoms with Gasteiger partial charge in [-0.05, 0) is 42.8 Å². The summed E-state index contributed by atoms with van der Waals surface area (Å²) >= 11 is 3.29. The maximum atomic E-state index is 13.2. The molecule has 0 fully saturated rings. The van der Waals surface area contributed by atoms with Crippen LogP contribution in [0.4, 0.5) is 10.1 Å². The predicted molar refractivity (Wildman–Crippen MR) is 85.3 cm³/mol. The first-order chi connectivity index (χ1) is 10.5. The lowest BCUT2D eigenvalue weighted by atomic mass is 10.2. The van der Waals surface area contributed by atoms with E-state index in [2.05, 4.69) is 21.2 Å². The average molecular weight is 368 g/mol. The minimum Gasteiger partial charge on any atom is -0.483 e. The lowest BCUT2D eigenvalue weighted by Gasteiger charge is -2.12. The molecule has 2 aromatic carbocycles. The maximum Gasteiger partial charge on any atom is 0.262 e. The van der Waals surface area contributed by atoms with Crippen molar-refractivity contribution < 1.29 is 19.0 Å². The molecular formula is C16H15BrFNO3. The summed E-state index contributed by atoms with van der Waals surface area (Å²) in [6.45, 7) is 1.35. The summed E-state index contributed by atoms with van der Waals surface area (Å²) in [5, 5.41) is 11.9. The number of hydrogen-bond acceptors (Lipinski definition) is 3. The van der Waals surface area contributed by atoms with Crippen LogP contribution in [0, 0.1) is 12.7 Å². The summed E-state index contributed by atoms with van der Waals surface area (Å²) in [7, 11) is 0. The zero-order valence-electron chi connectivity index (χ0n) is 11.9. The SMILES string of the molecule is Cc1ccc(F)cc1NC(=O)COc1ccc(Br)cc1CO.